The van der Waals surface area contributed by atoms with Crippen molar-refractivity contribution in [1.82, 2.24) is 10.1 Å². The molecule has 0 fully saturated rings. The number of ether oxygens (including phenoxy) is 1. The fourth-order valence-electron chi connectivity index (χ4n) is 2.41. The summed E-state index contributed by atoms with van der Waals surface area (Å²) in [6.07, 6.45) is 2.45. The normalized spacial score (nSPS) is 10.4. The van der Waals surface area contributed by atoms with Gasteiger partial charge >= 0.3 is 0 Å². The number of anilines is 2. The highest BCUT2D eigenvalue weighted by Crippen LogP contribution is 2.14. The lowest BCUT2D eigenvalue weighted by atomic mass is 10.1. The van der Waals surface area contributed by atoms with Crippen LogP contribution in [0, 0.1) is 6.92 Å². The molecule has 2 heterocycles. The van der Waals surface area contributed by atoms with Crippen molar-refractivity contribution in [1.29, 1.82) is 0 Å². The summed E-state index contributed by atoms with van der Waals surface area (Å²) in [4.78, 5) is 16.3. The molecule has 0 radical (unpaired) electrons. The van der Waals surface area contributed by atoms with E-state index >= 15 is 0 Å². The number of aromatic nitrogens is 2. The van der Waals surface area contributed by atoms with Crippen molar-refractivity contribution in [3.05, 3.63) is 65.7 Å². The summed E-state index contributed by atoms with van der Waals surface area (Å²) in [6, 6.07) is 13.1. The van der Waals surface area contributed by atoms with Crippen LogP contribution in [0.15, 0.2) is 53.2 Å². The number of nitrogens with one attached hydrogen (secondary N) is 2. The molecule has 2 N–H and O–H groups in total. The molecule has 0 aliphatic heterocycles. The average Bonchev–Trinajstić information content (AvgIpc) is 3.07. The van der Waals surface area contributed by atoms with E-state index in [1.165, 1.54) is 5.56 Å². The Morgan fingerprint density at radius 1 is 1.19 bits per heavy atom. The molecule has 0 unspecified atom stereocenters. The Morgan fingerprint density at radius 3 is 2.69 bits per heavy atom. The molecule has 0 bridgehead atoms. The van der Waals surface area contributed by atoms with E-state index in [9.17, 15) is 4.79 Å². The molecule has 1 amide bonds. The molecule has 134 valence electrons. The molecular formula is C19H20N4O3. The van der Waals surface area contributed by atoms with E-state index in [0.29, 0.717) is 17.3 Å². The van der Waals surface area contributed by atoms with E-state index in [4.69, 9.17) is 9.26 Å². The number of rotatable bonds is 7. The van der Waals surface area contributed by atoms with Gasteiger partial charge in [0.15, 0.2) is 5.82 Å². The van der Waals surface area contributed by atoms with Crippen LogP contribution in [0.2, 0.25) is 0 Å². The first-order chi connectivity index (χ1) is 12.6. The monoisotopic (exact) mass is 352 g/mol. The van der Waals surface area contributed by atoms with Crippen LogP contribution in [0.25, 0.3) is 0 Å². The van der Waals surface area contributed by atoms with Crippen molar-refractivity contribution < 1.29 is 14.1 Å². The summed E-state index contributed by atoms with van der Waals surface area (Å²) in [5, 5.41) is 9.69. The Morgan fingerprint density at radius 2 is 2.00 bits per heavy atom. The molecule has 3 aromatic rings. The van der Waals surface area contributed by atoms with E-state index in [1.807, 2.05) is 30.3 Å². The lowest BCUT2D eigenvalue weighted by molar-refractivity contribution is 0.102. The number of carbonyl (C=O) groups is 1. The Hall–Kier alpha value is -3.35. The maximum atomic E-state index is 12.2. The Kier molecular flexibility index (Phi) is 5.48. The van der Waals surface area contributed by atoms with E-state index in [2.05, 4.69) is 20.8 Å². The van der Waals surface area contributed by atoms with Gasteiger partial charge < -0.3 is 19.9 Å². The van der Waals surface area contributed by atoms with Gasteiger partial charge in [-0.05, 0) is 43.2 Å². The van der Waals surface area contributed by atoms with Crippen LogP contribution >= 0.6 is 0 Å². The summed E-state index contributed by atoms with van der Waals surface area (Å²) < 4.78 is 10.1. The van der Waals surface area contributed by atoms with Crippen LogP contribution in [0.3, 0.4) is 0 Å². The number of hydrogen-bond donors (Lipinski definition) is 2. The van der Waals surface area contributed by atoms with Gasteiger partial charge in [-0.3, -0.25) is 9.78 Å². The zero-order chi connectivity index (χ0) is 18.4. The Labute approximate surface area is 151 Å². The summed E-state index contributed by atoms with van der Waals surface area (Å²) in [5.41, 5.74) is 2.34. The van der Waals surface area contributed by atoms with Gasteiger partial charge in [-0.25, -0.2) is 0 Å². The number of pyridine rings is 1. The topological polar surface area (TPSA) is 89.3 Å². The van der Waals surface area contributed by atoms with E-state index in [1.54, 1.807) is 32.4 Å². The van der Waals surface area contributed by atoms with Gasteiger partial charge in [-0.15, -0.1) is 0 Å². The standard InChI is InChI=1S/C19H20N4O3/c1-13-11-18(23-26-13)22-19(24)17-12-15(8-10-21-17)20-9-7-14-3-5-16(25-2)6-4-14/h3-6,8,10-12H,7,9H2,1-2H3,(H,20,21)(H,22,23,24). The van der Waals surface area contributed by atoms with Crippen LogP contribution in [-0.4, -0.2) is 29.7 Å². The molecule has 0 aliphatic rings. The Bertz CT molecular complexity index is 875. The number of benzene rings is 1. The van der Waals surface area contributed by atoms with E-state index in [0.717, 1.165) is 24.4 Å². The average molecular weight is 352 g/mol. The van der Waals surface area contributed by atoms with Crippen LogP contribution in [0.4, 0.5) is 11.5 Å². The lowest BCUT2D eigenvalue weighted by Crippen LogP contribution is -2.14. The largest absolute Gasteiger partial charge is 0.497 e. The summed E-state index contributed by atoms with van der Waals surface area (Å²) in [7, 11) is 1.65. The molecule has 0 saturated heterocycles. The molecule has 0 atom stereocenters. The molecule has 0 spiro atoms. The quantitative estimate of drug-likeness (QED) is 0.678. The van der Waals surface area contributed by atoms with Gasteiger partial charge in [0.25, 0.3) is 5.91 Å². The van der Waals surface area contributed by atoms with Gasteiger partial charge in [0.2, 0.25) is 0 Å². The molecule has 0 aliphatic carbocycles. The molecule has 7 nitrogen and oxygen atoms in total. The molecule has 26 heavy (non-hydrogen) atoms. The number of methoxy groups -OCH3 is 1. The predicted octanol–water partition coefficient (Wildman–Crippen LogP) is 3.29. The summed E-state index contributed by atoms with van der Waals surface area (Å²) in [5.74, 6) is 1.50. The summed E-state index contributed by atoms with van der Waals surface area (Å²) >= 11 is 0. The fraction of sp³-hybridized carbons (Fsp3) is 0.211. The highest BCUT2D eigenvalue weighted by Gasteiger charge is 2.10. The zero-order valence-electron chi connectivity index (χ0n) is 14.7. The van der Waals surface area contributed by atoms with Crippen molar-refractivity contribution in [2.45, 2.75) is 13.3 Å². The second-order valence-corrected chi connectivity index (χ2v) is 5.73. The minimum absolute atomic E-state index is 0.306. The van der Waals surface area contributed by atoms with Gasteiger partial charge in [0.05, 0.1) is 7.11 Å². The Balaban J connectivity index is 1.55. The van der Waals surface area contributed by atoms with Crippen molar-refractivity contribution in [2.75, 3.05) is 24.3 Å². The second-order valence-electron chi connectivity index (χ2n) is 5.73. The second kappa shape index (κ2) is 8.15. The van der Waals surface area contributed by atoms with Gasteiger partial charge in [0, 0.05) is 24.5 Å². The highest BCUT2D eigenvalue weighted by molar-refractivity contribution is 6.02. The number of hydrogen-bond acceptors (Lipinski definition) is 6. The molecular weight excluding hydrogens is 332 g/mol. The molecule has 7 heteroatoms. The molecule has 1 aromatic carbocycles. The highest BCUT2D eigenvalue weighted by atomic mass is 16.5. The number of nitrogens with zero attached hydrogens (tertiary/aromatic N) is 2. The third-order valence-electron chi connectivity index (χ3n) is 3.76. The zero-order valence-corrected chi connectivity index (χ0v) is 14.7. The van der Waals surface area contributed by atoms with Crippen molar-refractivity contribution in [3.63, 3.8) is 0 Å². The first kappa shape index (κ1) is 17.5. The van der Waals surface area contributed by atoms with E-state index in [-0.39, 0.29) is 5.91 Å². The summed E-state index contributed by atoms with van der Waals surface area (Å²) in [6.45, 7) is 2.49. The maximum absolute atomic E-state index is 12.2. The third-order valence-corrected chi connectivity index (χ3v) is 3.76. The van der Waals surface area contributed by atoms with Crippen molar-refractivity contribution in [2.24, 2.45) is 0 Å². The third kappa shape index (κ3) is 4.60. The minimum Gasteiger partial charge on any atom is -0.497 e. The van der Waals surface area contributed by atoms with Gasteiger partial charge in [0.1, 0.15) is 17.2 Å². The fourth-order valence-corrected chi connectivity index (χ4v) is 2.41. The first-order valence-corrected chi connectivity index (χ1v) is 8.21. The number of aryl methyl sites for hydroxylation is 1. The maximum Gasteiger partial charge on any atom is 0.275 e. The number of amides is 1. The smallest absolute Gasteiger partial charge is 0.275 e. The van der Waals surface area contributed by atoms with Crippen LogP contribution in [-0.2, 0) is 6.42 Å². The van der Waals surface area contributed by atoms with Gasteiger partial charge in [-0.2, -0.15) is 0 Å². The molecule has 2 aromatic heterocycles. The SMILES string of the molecule is COc1ccc(CCNc2ccnc(C(=O)Nc3cc(C)on3)c2)cc1. The van der Waals surface area contributed by atoms with E-state index < -0.39 is 0 Å². The van der Waals surface area contributed by atoms with Crippen LogP contribution in [0.1, 0.15) is 21.8 Å². The number of carbonyl (C=O) groups excluding carboxylic acids is 1. The predicted molar refractivity (Wildman–Crippen MR) is 98.6 cm³/mol. The van der Waals surface area contributed by atoms with Crippen molar-refractivity contribution >= 4 is 17.4 Å². The van der Waals surface area contributed by atoms with Crippen LogP contribution in [0.5, 0.6) is 5.75 Å². The molecule has 0 saturated carbocycles. The van der Waals surface area contributed by atoms with Crippen molar-refractivity contribution in [3.8, 4) is 5.75 Å². The lowest BCUT2D eigenvalue weighted by Gasteiger charge is -2.08. The van der Waals surface area contributed by atoms with Gasteiger partial charge in [-0.1, -0.05) is 17.3 Å². The molecule has 3 rings (SSSR count). The minimum atomic E-state index is -0.336. The first-order valence-electron chi connectivity index (χ1n) is 8.21. The van der Waals surface area contributed by atoms with Crippen LogP contribution < -0.4 is 15.4 Å².